The largest absolute Gasteiger partial charge is 0.293 e. The number of allylic oxidation sites excluding steroid dienone is 2. The maximum absolute atomic E-state index is 4.57. The Morgan fingerprint density at radius 2 is 1.75 bits per heavy atom. The quantitative estimate of drug-likeness (QED) is 0.321. The van der Waals surface area contributed by atoms with Crippen LogP contribution in [0, 0.1) is 0 Å². The second kappa shape index (κ2) is 11.1. The minimum absolute atomic E-state index is 0.660. The van der Waals surface area contributed by atoms with Crippen molar-refractivity contribution in [2.24, 2.45) is 4.99 Å². The normalized spacial score (nSPS) is 12.9. The highest BCUT2D eigenvalue weighted by Gasteiger charge is 2.08. The summed E-state index contributed by atoms with van der Waals surface area (Å²) in [6.07, 6.45) is 9.69. The molecule has 94 valence electrons. The molecule has 1 nitrogen and oxygen atoms in total. The summed E-state index contributed by atoms with van der Waals surface area (Å²) < 4.78 is 0. The van der Waals surface area contributed by atoms with Crippen LogP contribution in [0.25, 0.3) is 0 Å². The van der Waals surface area contributed by atoms with E-state index in [4.69, 9.17) is 0 Å². The average Bonchev–Trinajstić information content (AvgIpc) is 2.32. The van der Waals surface area contributed by atoms with E-state index in [2.05, 4.69) is 45.0 Å². The molecule has 0 atom stereocenters. The maximum Gasteiger partial charge on any atom is 0.0718 e. The summed E-state index contributed by atoms with van der Waals surface area (Å²) in [6, 6.07) is 2.72. The van der Waals surface area contributed by atoms with Crippen molar-refractivity contribution in [1.82, 2.24) is 0 Å². The van der Waals surface area contributed by atoms with Crippen LogP contribution in [0.15, 0.2) is 16.3 Å². The zero-order valence-electron chi connectivity index (χ0n) is 11.6. The Bertz CT molecular complexity index is 205. The molecule has 0 N–H and O–H groups in total. The summed E-state index contributed by atoms with van der Waals surface area (Å²) in [5.74, 6) is 0. The van der Waals surface area contributed by atoms with Gasteiger partial charge in [0.05, 0.1) is 8.80 Å². The van der Waals surface area contributed by atoms with E-state index in [0.717, 1.165) is 6.54 Å². The highest BCUT2D eigenvalue weighted by molar-refractivity contribution is 6.71. The van der Waals surface area contributed by atoms with Crippen molar-refractivity contribution in [3.8, 4) is 0 Å². The molecule has 0 rings (SSSR count). The van der Waals surface area contributed by atoms with Crippen LogP contribution < -0.4 is 0 Å². The Labute approximate surface area is 104 Å². The summed E-state index contributed by atoms with van der Waals surface area (Å²) in [7, 11) is -0.660. The number of nitrogens with zero attached hydrogens (tertiary/aromatic N) is 1. The first-order valence-corrected chi connectivity index (χ1v) is 9.17. The van der Waals surface area contributed by atoms with Gasteiger partial charge in [-0.2, -0.15) is 0 Å². The second-order valence-corrected chi connectivity index (χ2v) is 8.09. The van der Waals surface area contributed by atoms with Gasteiger partial charge in [-0.15, -0.1) is 0 Å². The third-order valence-corrected chi connectivity index (χ3v) is 6.57. The van der Waals surface area contributed by atoms with E-state index in [-0.39, 0.29) is 0 Å². The van der Waals surface area contributed by atoms with Crippen molar-refractivity contribution in [2.45, 2.75) is 65.5 Å². The average molecular weight is 239 g/mol. The van der Waals surface area contributed by atoms with Crippen molar-refractivity contribution in [3.63, 3.8) is 0 Å². The monoisotopic (exact) mass is 239 g/mol. The minimum atomic E-state index is -0.660. The summed E-state index contributed by atoms with van der Waals surface area (Å²) in [6.45, 7) is 10.1. The van der Waals surface area contributed by atoms with Gasteiger partial charge in [-0.05, 0) is 18.5 Å². The minimum Gasteiger partial charge on any atom is -0.293 e. The van der Waals surface area contributed by atoms with E-state index >= 15 is 0 Å². The fraction of sp³-hybridized carbons (Fsp3) is 0.786. The first-order valence-electron chi connectivity index (χ1n) is 6.96. The Balaban J connectivity index is 3.89. The highest BCUT2D eigenvalue weighted by Crippen LogP contribution is 2.08. The molecule has 0 aromatic rings. The van der Waals surface area contributed by atoms with Gasteiger partial charge < -0.3 is 0 Å². The molecule has 0 aromatic heterocycles. The van der Waals surface area contributed by atoms with E-state index in [1.54, 1.807) is 5.20 Å². The van der Waals surface area contributed by atoms with Crippen molar-refractivity contribution in [3.05, 3.63) is 11.3 Å². The van der Waals surface area contributed by atoms with E-state index in [1.807, 2.05) is 0 Å². The maximum atomic E-state index is 4.57. The number of hydrogen-bond donors (Lipinski definition) is 0. The van der Waals surface area contributed by atoms with Gasteiger partial charge in [-0.3, -0.25) is 4.99 Å². The van der Waals surface area contributed by atoms with Gasteiger partial charge in [0.15, 0.2) is 0 Å². The zero-order valence-corrected chi connectivity index (χ0v) is 12.8. The van der Waals surface area contributed by atoms with E-state index in [9.17, 15) is 0 Å². The molecule has 0 bridgehead atoms. The van der Waals surface area contributed by atoms with Gasteiger partial charge in [0.25, 0.3) is 0 Å². The standard InChI is InChI=1S/C14H29NSi/c1-5-9-10-11-12-15-13-14(6-2)16(7-3)8-4/h6,13,16H,5,7-12H2,1-4H3. The lowest BCUT2D eigenvalue weighted by molar-refractivity contribution is 0.676. The number of hydrogen-bond acceptors (Lipinski definition) is 1. The predicted molar refractivity (Wildman–Crippen MR) is 79.4 cm³/mol. The lowest BCUT2D eigenvalue weighted by Crippen LogP contribution is -2.14. The summed E-state index contributed by atoms with van der Waals surface area (Å²) in [4.78, 5) is 4.57. The van der Waals surface area contributed by atoms with Crippen molar-refractivity contribution in [1.29, 1.82) is 0 Å². The van der Waals surface area contributed by atoms with Gasteiger partial charge >= 0.3 is 0 Å². The molecule has 0 aromatic carbocycles. The van der Waals surface area contributed by atoms with E-state index in [1.165, 1.54) is 37.8 Å². The van der Waals surface area contributed by atoms with Crippen molar-refractivity contribution in [2.75, 3.05) is 6.54 Å². The van der Waals surface area contributed by atoms with Gasteiger partial charge in [-0.25, -0.2) is 0 Å². The van der Waals surface area contributed by atoms with Gasteiger partial charge in [0, 0.05) is 12.8 Å². The molecule has 0 aliphatic heterocycles. The summed E-state index contributed by atoms with van der Waals surface area (Å²) >= 11 is 0. The van der Waals surface area contributed by atoms with E-state index in [0.29, 0.717) is 0 Å². The molecule has 0 amide bonds. The molecule has 2 heteroatoms. The van der Waals surface area contributed by atoms with E-state index < -0.39 is 8.80 Å². The molecule has 0 radical (unpaired) electrons. The molecule has 0 heterocycles. The van der Waals surface area contributed by atoms with Gasteiger partial charge in [-0.1, -0.05) is 58.2 Å². The summed E-state index contributed by atoms with van der Waals surface area (Å²) in [5.41, 5.74) is 0. The molecular formula is C14H29NSi. The third kappa shape index (κ3) is 6.99. The molecule has 0 aliphatic rings. The molecule has 0 saturated heterocycles. The SMILES string of the molecule is CC=C(C=NCCCCCC)[SiH](CC)CC. The Hall–Kier alpha value is -0.373. The molecular weight excluding hydrogens is 210 g/mol. The van der Waals surface area contributed by atoms with Gasteiger partial charge in [0.1, 0.15) is 0 Å². The molecule has 16 heavy (non-hydrogen) atoms. The fourth-order valence-electron chi connectivity index (χ4n) is 1.98. The molecule has 0 spiro atoms. The fourth-order valence-corrected chi connectivity index (χ4v) is 4.28. The Kier molecular flexibility index (Phi) is 10.9. The molecule has 0 saturated carbocycles. The van der Waals surface area contributed by atoms with Crippen molar-refractivity contribution >= 4 is 15.0 Å². The van der Waals surface area contributed by atoms with Crippen LogP contribution in [0.5, 0.6) is 0 Å². The lowest BCUT2D eigenvalue weighted by Gasteiger charge is -2.10. The smallest absolute Gasteiger partial charge is 0.0718 e. The Morgan fingerprint density at radius 1 is 1.06 bits per heavy atom. The van der Waals surface area contributed by atoms with Gasteiger partial charge in [0.2, 0.25) is 0 Å². The van der Waals surface area contributed by atoms with Crippen LogP contribution in [0.1, 0.15) is 53.4 Å². The van der Waals surface area contributed by atoms with Crippen LogP contribution in [0.3, 0.4) is 0 Å². The highest BCUT2D eigenvalue weighted by atomic mass is 28.3. The third-order valence-electron chi connectivity index (χ3n) is 3.17. The van der Waals surface area contributed by atoms with Crippen molar-refractivity contribution < 1.29 is 0 Å². The number of rotatable bonds is 9. The predicted octanol–water partition coefficient (Wildman–Crippen LogP) is 4.39. The van der Waals surface area contributed by atoms with Crippen LogP contribution in [0.4, 0.5) is 0 Å². The molecule has 0 fully saturated rings. The molecule has 0 aliphatic carbocycles. The first kappa shape index (κ1) is 15.6. The zero-order chi connectivity index (χ0) is 12.2. The van der Waals surface area contributed by atoms with Crippen LogP contribution in [0.2, 0.25) is 12.1 Å². The van der Waals surface area contributed by atoms with Crippen LogP contribution in [-0.2, 0) is 0 Å². The lowest BCUT2D eigenvalue weighted by atomic mass is 10.2. The Morgan fingerprint density at radius 3 is 2.25 bits per heavy atom. The second-order valence-electron chi connectivity index (χ2n) is 4.40. The first-order chi connectivity index (χ1) is 7.79. The van der Waals surface area contributed by atoms with Crippen LogP contribution in [-0.4, -0.2) is 21.6 Å². The number of unbranched alkanes of at least 4 members (excludes halogenated alkanes) is 3. The topological polar surface area (TPSA) is 12.4 Å². The summed E-state index contributed by atoms with van der Waals surface area (Å²) in [5, 5.41) is 1.56. The number of aliphatic imine (C=N–C) groups is 1. The van der Waals surface area contributed by atoms with Crippen LogP contribution >= 0.6 is 0 Å². The molecule has 0 unspecified atom stereocenters.